The maximum atomic E-state index is 11.8. The predicted molar refractivity (Wildman–Crippen MR) is 91.7 cm³/mol. The summed E-state index contributed by atoms with van der Waals surface area (Å²) in [5.74, 6) is 0.721. The van der Waals surface area contributed by atoms with Crippen molar-refractivity contribution in [3.05, 3.63) is 0 Å². The van der Waals surface area contributed by atoms with Gasteiger partial charge in [-0.2, -0.15) is 0 Å². The molecule has 0 aromatic rings. The number of carbonyl (C=O) groups excluding carboxylic acids is 1. The van der Waals surface area contributed by atoms with Gasteiger partial charge in [-0.05, 0) is 27.2 Å². The largest absolute Gasteiger partial charge is 0.501 e. The fraction of sp³-hybridized carbons (Fsp3) is 0.933. The standard InChI is InChI=1S/C15H32O4SSi/c1-5-9-10-11-12-15(16)20-13-14-21(17-6-2,18-7-3)19-8-4/h5-14H2,1-4H3. The Bertz CT molecular complexity index is 247. The molecule has 0 aromatic heterocycles. The van der Waals surface area contributed by atoms with Gasteiger partial charge in [-0.1, -0.05) is 37.9 Å². The van der Waals surface area contributed by atoms with Gasteiger partial charge in [0, 0.05) is 38.0 Å². The summed E-state index contributed by atoms with van der Waals surface area (Å²) >= 11 is 1.39. The summed E-state index contributed by atoms with van der Waals surface area (Å²) in [6, 6.07) is 0.702. The first-order valence-corrected chi connectivity index (χ1v) is 11.1. The van der Waals surface area contributed by atoms with E-state index in [1.165, 1.54) is 24.6 Å². The summed E-state index contributed by atoms with van der Waals surface area (Å²) in [6.45, 7) is 9.78. The molecule has 4 nitrogen and oxygen atoms in total. The Morgan fingerprint density at radius 3 is 1.95 bits per heavy atom. The molecule has 6 heteroatoms. The highest BCUT2D eigenvalue weighted by Gasteiger charge is 2.39. The molecule has 0 saturated carbocycles. The van der Waals surface area contributed by atoms with E-state index in [0.717, 1.165) is 18.6 Å². The van der Waals surface area contributed by atoms with Gasteiger partial charge < -0.3 is 13.3 Å². The molecule has 0 bridgehead atoms. The van der Waals surface area contributed by atoms with E-state index in [1.54, 1.807) is 0 Å². The zero-order valence-corrected chi connectivity index (χ0v) is 15.9. The van der Waals surface area contributed by atoms with E-state index in [0.29, 0.717) is 32.3 Å². The summed E-state index contributed by atoms with van der Waals surface area (Å²) in [5, 5.41) is 0.276. The van der Waals surface area contributed by atoms with E-state index in [2.05, 4.69) is 6.92 Å². The number of hydrogen-bond acceptors (Lipinski definition) is 5. The van der Waals surface area contributed by atoms with Crippen LogP contribution in [0.15, 0.2) is 0 Å². The molecule has 21 heavy (non-hydrogen) atoms. The summed E-state index contributed by atoms with van der Waals surface area (Å²) in [7, 11) is -2.58. The number of rotatable bonds is 14. The number of hydrogen-bond donors (Lipinski definition) is 0. The second-order valence-electron chi connectivity index (χ2n) is 4.76. The molecule has 0 aliphatic carbocycles. The van der Waals surface area contributed by atoms with Crippen molar-refractivity contribution in [2.75, 3.05) is 25.6 Å². The normalized spacial score (nSPS) is 11.8. The lowest BCUT2D eigenvalue weighted by molar-refractivity contribution is -0.111. The van der Waals surface area contributed by atoms with E-state index >= 15 is 0 Å². The number of unbranched alkanes of at least 4 members (excludes halogenated alkanes) is 3. The van der Waals surface area contributed by atoms with E-state index in [4.69, 9.17) is 13.3 Å². The van der Waals surface area contributed by atoms with E-state index < -0.39 is 8.80 Å². The summed E-state index contributed by atoms with van der Waals surface area (Å²) < 4.78 is 17.3. The third kappa shape index (κ3) is 10.5. The lowest BCUT2D eigenvalue weighted by Crippen LogP contribution is -2.46. The van der Waals surface area contributed by atoms with Gasteiger partial charge in [0.15, 0.2) is 5.12 Å². The van der Waals surface area contributed by atoms with Gasteiger partial charge in [-0.25, -0.2) is 0 Å². The van der Waals surface area contributed by atoms with Gasteiger partial charge in [0.2, 0.25) is 0 Å². The predicted octanol–water partition coefficient (Wildman–Crippen LogP) is 4.27. The Morgan fingerprint density at radius 1 is 0.905 bits per heavy atom. The van der Waals surface area contributed by atoms with Gasteiger partial charge in [0.1, 0.15) is 0 Å². The minimum absolute atomic E-state index is 0.276. The quantitative estimate of drug-likeness (QED) is 0.350. The third-order valence-electron chi connectivity index (χ3n) is 3.00. The summed E-state index contributed by atoms with van der Waals surface area (Å²) in [5.41, 5.74) is 0. The lowest BCUT2D eigenvalue weighted by Gasteiger charge is -2.28. The van der Waals surface area contributed by atoms with Crippen LogP contribution in [0.25, 0.3) is 0 Å². The second-order valence-corrected chi connectivity index (χ2v) is 8.65. The van der Waals surface area contributed by atoms with Crippen LogP contribution in [0, 0.1) is 0 Å². The zero-order chi connectivity index (χ0) is 16.0. The molecule has 0 saturated heterocycles. The van der Waals surface area contributed by atoms with Crippen LogP contribution < -0.4 is 0 Å². The summed E-state index contributed by atoms with van der Waals surface area (Å²) in [4.78, 5) is 11.8. The van der Waals surface area contributed by atoms with Crippen LogP contribution in [-0.2, 0) is 18.1 Å². The van der Waals surface area contributed by atoms with Crippen molar-refractivity contribution < 1.29 is 18.1 Å². The highest BCUT2D eigenvalue weighted by molar-refractivity contribution is 8.13. The lowest BCUT2D eigenvalue weighted by atomic mass is 10.2. The third-order valence-corrected chi connectivity index (χ3v) is 7.34. The molecule has 126 valence electrons. The first-order chi connectivity index (χ1) is 10.1. The second kappa shape index (κ2) is 13.8. The van der Waals surface area contributed by atoms with E-state index in [-0.39, 0.29) is 5.12 Å². The Morgan fingerprint density at radius 2 is 1.48 bits per heavy atom. The number of carbonyl (C=O) groups is 1. The first kappa shape index (κ1) is 21.1. The highest BCUT2D eigenvalue weighted by Crippen LogP contribution is 2.21. The Labute approximate surface area is 135 Å². The molecule has 0 radical (unpaired) electrons. The molecule has 0 rings (SSSR count). The van der Waals surface area contributed by atoms with Crippen LogP contribution in [0.4, 0.5) is 0 Å². The smallest absolute Gasteiger partial charge is 0.374 e. The van der Waals surface area contributed by atoms with Crippen molar-refractivity contribution in [3.63, 3.8) is 0 Å². The molecule has 0 amide bonds. The van der Waals surface area contributed by atoms with Crippen LogP contribution in [0.1, 0.15) is 59.8 Å². The molecule has 0 heterocycles. The van der Waals surface area contributed by atoms with Crippen LogP contribution >= 0.6 is 11.8 Å². The van der Waals surface area contributed by atoms with Gasteiger partial charge in [-0.3, -0.25) is 4.79 Å². The molecular formula is C15H32O4SSi. The highest BCUT2D eigenvalue weighted by atomic mass is 32.2. The minimum Gasteiger partial charge on any atom is -0.374 e. The van der Waals surface area contributed by atoms with E-state index in [1.807, 2.05) is 20.8 Å². The Balaban J connectivity index is 4.07. The van der Waals surface area contributed by atoms with Gasteiger partial charge in [-0.15, -0.1) is 0 Å². The molecule has 0 aromatic carbocycles. The van der Waals surface area contributed by atoms with Gasteiger partial charge >= 0.3 is 8.80 Å². The average Bonchev–Trinajstić information content (AvgIpc) is 2.44. The zero-order valence-electron chi connectivity index (χ0n) is 14.1. The molecule has 0 N–H and O–H groups in total. The molecule has 0 aliphatic rings. The van der Waals surface area contributed by atoms with Crippen LogP contribution in [0.3, 0.4) is 0 Å². The maximum absolute atomic E-state index is 11.8. The van der Waals surface area contributed by atoms with Crippen molar-refractivity contribution in [1.82, 2.24) is 0 Å². The fourth-order valence-corrected chi connectivity index (χ4v) is 5.99. The van der Waals surface area contributed by atoms with E-state index in [9.17, 15) is 4.79 Å². The number of thioether (sulfide) groups is 1. The molecule has 0 spiro atoms. The van der Waals surface area contributed by atoms with Crippen LogP contribution in [0.5, 0.6) is 0 Å². The molecular weight excluding hydrogens is 304 g/mol. The fourth-order valence-electron chi connectivity index (χ4n) is 2.06. The van der Waals surface area contributed by atoms with Crippen molar-refractivity contribution in [3.8, 4) is 0 Å². The van der Waals surface area contributed by atoms with Crippen LogP contribution in [0.2, 0.25) is 6.04 Å². The van der Waals surface area contributed by atoms with Gasteiger partial charge in [0.05, 0.1) is 0 Å². The van der Waals surface area contributed by atoms with Crippen molar-refractivity contribution >= 4 is 25.7 Å². The molecule has 0 unspecified atom stereocenters. The van der Waals surface area contributed by atoms with Gasteiger partial charge in [0.25, 0.3) is 0 Å². The molecule has 0 fully saturated rings. The van der Waals surface area contributed by atoms with Crippen molar-refractivity contribution in [2.24, 2.45) is 0 Å². The van der Waals surface area contributed by atoms with Crippen molar-refractivity contribution in [2.45, 2.75) is 65.8 Å². The monoisotopic (exact) mass is 336 g/mol. The first-order valence-electron chi connectivity index (χ1n) is 8.21. The Hall–Kier alpha value is 0.117. The molecule has 0 aliphatic heterocycles. The van der Waals surface area contributed by atoms with Crippen molar-refractivity contribution in [1.29, 1.82) is 0 Å². The topological polar surface area (TPSA) is 44.8 Å². The minimum atomic E-state index is -2.58. The maximum Gasteiger partial charge on any atom is 0.501 e. The van der Waals surface area contributed by atoms with Crippen LogP contribution in [-0.4, -0.2) is 39.5 Å². The average molecular weight is 337 g/mol. The SMILES string of the molecule is CCCCCCC(=O)SCC[Si](OCC)(OCC)OCC. The summed E-state index contributed by atoms with van der Waals surface area (Å²) in [6.07, 6.45) is 5.25. The molecule has 0 atom stereocenters. The Kier molecular flexibility index (Phi) is 13.8.